The molecular weight excluding hydrogens is 248 g/mol. The number of nitrogens with one attached hydrogen (secondary N) is 1. The van der Waals surface area contributed by atoms with Crippen molar-refractivity contribution in [2.75, 3.05) is 5.32 Å². The lowest BCUT2D eigenvalue weighted by molar-refractivity contribution is 0.469. The van der Waals surface area contributed by atoms with Gasteiger partial charge in [0, 0.05) is 12.1 Å². The van der Waals surface area contributed by atoms with Crippen LogP contribution in [0.4, 0.5) is 5.69 Å². The molecule has 0 fully saturated rings. The maximum absolute atomic E-state index is 9.63. The highest BCUT2D eigenvalue weighted by atomic mass is 35.5. The molecule has 0 atom stereocenters. The molecule has 0 amide bonds. The maximum atomic E-state index is 9.63. The average molecular weight is 259 g/mol. The molecule has 0 unspecified atom stereocenters. The lowest BCUT2D eigenvalue weighted by atomic mass is 10.2. The molecule has 90 valence electrons. The van der Waals surface area contributed by atoms with E-state index >= 15 is 0 Å². The Bertz CT molecular complexity index is 605. The molecule has 4 heteroatoms. The number of anilines is 1. The number of para-hydroxylation sites is 1. The summed E-state index contributed by atoms with van der Waals surface area (Å²) in [6, 6.07) is 14.1. The number of benzene rings is 2. The standard InChI is InChI=1S/C14H11ClN2O/c15-12-6-5-10(8-16)7-13(12)17-9-11-3-1-2-4-14(11)18/h1-7,17-18H,9H2. The third kappa shape index (κ3) is 2.73. The van der Waals surface area contributed by atoms with Crippen molar-refractivity contribution in [3.63, 3.8) is 0 Å². The number of halogens is 1. The normalized spacial score (nSPS) is 9.78. The van der Waals surface area contributed by atoms with Crippen molar-refractivity contribution < 1.29 is 5.11 Å². The summed E-state index contributed by atoms with van der Waals surface area (Å²) in [7, 11) is 0. The summed E-state index contributed by atoms with van der Waals surface area (Å²) >= 11 is 6.02. The lowest BCUT2D eigenvalue weighted by Crippen LogP contribution is -2.00. The first-order valence-electron chi connectivity index (χ1n) is 5.41. The number of phenolic OH excluding ortho intramolecular Hbond substituents is 1. The fourth-order valence-corrected chi connectivity index (χ4v) is 1.77. The first-order chi connectivity index (χ1) is 8.70. The van der Waals surface area contributed by atoms with Crippen molar-refractivity contribution in [3.8, 4) is 11.8 Å². The van der Waals surface area contributed by atoms with Gasteiger partial charge in [0.2, 0.25) is 0 Å². The highest BCUT2D eigenvalue weighted by Gasteiger charge is 2.03. The highest BCUT2D eigenvalue weighted by Crippen LogP contribution is 2.24. The van der Waals surface area contributed by atoms with Gasteiger partial charge in [-0.1, -0.05) is 29.8 Å². The Morgan fingerprint density at radius 3 is 2.72 bits per heavy atom. The summed E-state index contributed by atoms with van der Waals surface area (Å²) in [6.07, 6.45) is 0. The van der Waals surface area contributed by atoms with Crippen LogP contribution in [0.3, 0.4) is 0 Å². The molecular formula is C14H11ClN2O. The minimum Gasteiger partial charge on any atom is -0.508 e. The van der Waals surface area contributed by atoms with Crippen LogP contribution < -0.4 is 5.32 Å². The van der Waals surface area contributed by atoms with E-state index in [4.69, 9.17) is 16.9 Å². The summed E-state index contributed by atoms with van der Waals surface area (Å²) < 4.78 is 0. The van der Waals surface area contributed by atoms with E-state index in [0.717, 1.165) is 5.56 Å². The van der Waals surface area contributed by atoms with Gasteiger partial charge in [-0.25, -0.2) is 0 Å². The molecule has 2 aromatic carbocycles. The Morgan fingerprint density at radius 1 is 1.22 bits per heavy atom. The number of nitrogens with zero attached hydrogens (tertiary/aromatic N) is 1. The van der Waals surface area contributed by atoms with Gasteiger partial charge in [-0.15, -0.1) is 0 Å². The summed E-state index contributed by atoms with van der Waals surface area (Å²) in [5, 5.41) is 22.1. The zero-order chi connectivity index (χ0) is 13.0. The Kier molecular flexibility index (Phi) is 3.71. The Morgan fingerprint density at radius 2 is 2.00 bits per heavy atom. The SMILES string of the molecule is N#Cc1ccc(Cl)c(NCc2ccccc2O)c1. The summed E-state index contributed by atoms with van der Waals surface area (Å²) in [5.74, 6) is 0.234. The third-order valence-corrected chi connectivity index (χ3v) is 2.89. The average Bonchev–Trinajstić information content (AvgIpc) is 2.39. The molecule has 0 radical (unpaired) electrons. The van der Waals surface area contributed by atoms with E-state index in [-0.39, 0.29) is 5.75 Å². The summed E-state index contributed by atoms with van der Waals surface area (Å²) in [6.45, 7) is 0.446. The molecule has 0 saturated heterocycles. The number of aromatic hydroxyl groups is 1. The largest absolute Gasteiger partial charge is 0.508 e. The topological polar surface area (TPSA) is 56.0 Å². The second-order valence-electron chi connectivity index (χ2n) is 3.79. The third-order valence-electron chi connectivity index (χ3n) is 2.56. The molecule has 0 heterocycles. The quantitative estimate of drug-likeness (QED) is 0.886. The molecule has 2 rings (SSSR count). The van der Waals surface area contributed by atoms with E-state index in [9.17, 15) is 5.11 Å². The maximum Gasteiger partial charge on any atom is 0.120 e. The molecule has 0 aliphatic carbocycles. The van der Waals surface area contributed by atoms with Gasteiger partial charge in [-0.05, 0) is 24.3 Å². The van der Waals surface area contributed by atoms with Crippen LogP contribution >= 0.6 is 11.6 Å². The minimum absolute atomic E-state index is 0.234. The van der Waals surface area contributed by atoms with Crippen molar-refractivity contribution in [1.29, 1.82) is 5.26 Å². The molecule has 0 bridgehead atoms. The van der Waals surface area contributed by atoms with Gasteiger partial charge in [0.1, 0.15) is 5.75 Å². The Labute approximate surface area is 110 Å². The smallest absolute Gasteiger partial charge is 0.120 e. The van der Waals surface area contributed by atoms with E-state index in [2.05, 4.69) is 11.4 Å². The van der Waals surface area contributed by atoms with Crippen LogP contribution in [0.1, 0.15) is 11.1 Å². The molecule has 2 N–H and O–H groups in total. The lowest BCUT2D eigenvalue weighted by Gasteiger charge is -2.09. The summed E-state index contributed by atoms with van der Waals surface area (Å²) in [4.78, 5) is 0. The monoisotopic (exact) mass is 258 g/mol. The van der Waals surface area contributed by atoms with Crippen LogP contribution in [0.25, 0.3) is 0 Å². The number of hydrogen-bond acceptors (Lipinski definition) is 3. The molecule has 18 heavy (non-hydrogen) atoms. The fourth-order valence-electron chi connectivity index (χ4n) is 1.58. The number of hydrogen-bond donors (Lipinski definition) is 2. The predicted molar refractivity (Wildman–Crippen MR) is 71.6 cm³/mol. The van der Waals surface area contributed by atoms with Crippen LogP contribution in [0, 0.1) is 11.3 Å². The van der Waals surface area contributed by atoms with Gasteiger partial charge in [-0.3, -0.25) is 0 Å². The van der Waals surface area contributed by atoms with Crippen LogP contribution in [0.15, 0.2) is 42.5 Å². The molecule has 0 aliphatic heterocycles. The molecule has 2 aromatic rings. The number of nitriles is 1. The number of phenols is 1. The van der Waals surface area contributed by atoms with Gasteiger partial charge in [0.25, 0.3) is 0 Å². The predicted octanol–water partition coefficient (Wildman–Crippen LogP) is 3.53. The van der Waals surface area contributed by atoms with E-state index in [1.807, 2.05) is 12.1 Å². The minimum atomic E-state index is 0.234. The first kappa shape index (κ1) is 12.3. The zero-order valence-corrected chi connectivity index (χ0v) is 10.3. The molecule has 3 nitrogen and oxygen atoms in total. The molecule has 0 spiro atoms. The molecule has 0 aromatic heterocycles. The summed E-state index contributed by atoms with van der Waals surface area (Å²) in [5.41, 5.74) is 1.99. The molecule has 0 aliphatic rings. The van der Waals surface area contributed by atoms with Crippen LogP contribution in [-0.4, -0.2) is 5.11 Å². The van der Waals surface area contributed by atoms with Gasteiger partial charge in [0.05, 0.1) is 22.3 Å². The Hall–Kier alpha value is -2.18. The second-order valence-corrected chi connectivity index (χ2v) is 4.20. The van der Waals surface area contributed by atoms with Crippen molar-refractivity contribution in [1.82, 2.24) is 0 Å². The Balaban J connectivity index is 2.16. The van der Waals surface area contributed by atoms with Gasteiger partial charge < -0.3 is 10.4 Å². The van der Waals surface area contributed by atoms with E-state index in [0.29, 0.717) is 22.8 Å². The van der Waals surface area contributed by atoms with E-state index in [1.54, 1.807) is 30.3 Å². The first-order valence-corrected chi connectivity index (χ1v) is 5.79. The van der Waals surface area contributed by atoms with Crippen LogP contribution in [-0.2, 0) is 6.54 Å². The van der Waals surface area contributed by atoms with Gasteiger partial charge in [0.15, 0.2) is 0 Å². The fraction of sp³-hybridized carbons (Fsp3) is 0.0714. The van der Waals surface area contributed by atoms with E-state index in [1.165, 1.54) is 0 Å². The molecule has 0 saturated carbocycles. The van der Waals surface area contributed by atoms with Gasteiger partial charge >= 0.3 is 0 Å². The van der Waals surface area contributed by atoms with Crippen LogP contribution in [0.2, 0.25) is 5.02 Å². The van der Waals surface area contributed by atoms with Crippen molar-refractivity contribution in [3.05, 3.63) is 58.6 Å². The van der Waals surface area contributed by atoms with Gasteiger partial charge in [-0.2, -0.15) is 5.26 Å². The highest BCUT2D eigenvalue weighted by molar-refractivity contribution is 6.33. The van der Waals surface area contributed by atoms with Crippen LogP contribution in [0.5, 0.6) is 5.75 Å². The zero-order valence-electron chi connectivity index (χ0n) is 9.52. The van der Waals surface area contributed by atoms with E-state index < -0.39 is 0 Å². The van der Waals surface area contributed by atoms with Crippen molar-refractivity contribution in [2.45, 2.75) is 6.54 Å². The second kappa shape index (κ2) is 5.44. The van der Waals surface area contributed by atoms with Crippen molar-refractivity contribution in [2.24, 2.45) is 0 Å². The van der Waals surface area contributed by atoms with Crippen molar-refractivity contribution >= 4 is 17.3 Å². The number of rotatable bonds is 3.